The lowest BCUT2D eigenvalue weighted by Crippen LogP contribution is -2.65. The van der Waals surface area contributed by atoms with Crippen molar-refractivity contribution >= 4 is 11.6 Å². The Labute approximate surface area is 221 Å². The van der Waals surface area contributed by atoms with Crippen LogP contribution in [0.5, 0.6) is 0 Å². The van der Waals surface area contributed by atoms with Crippen LogP contribution in [0.4, 0.5) is 0 Å². The van der Waals surface area contributed by atoms with Crippen molar-refractivity contribution in [2.45, 2.75) is 123 Å². The van der Waals surface area contributed by atoms with Gasteiger partial charge >= 0.3 is 0 Å². The third-order valence-electron chi connectivity index (χ3n) is 11.8. The van der Waals surface area contributed by atoms with Crippen LogP contribution in [0.15, 0.2) is 11.6 Å². The number of Topliss-reactive ketones (excluding diaryl/α,β-unsaturated/α-hetero) is 2. The molecule has 4 rings (SSSR count). The van der Waals surface area contributed by atoms with Crippen molar-refractivity contribution in [3.8, 4) is 0 Å². The summed E-state index contributed by atoms with van der Waals surface area (Å²) in [6, 6.07) is 0. The summed E-state index contributed by atoms with van der Waals surface area (Å²) in [6.07, 6.45) is 0.895. The fraction of sp³-hybridized carbons (Fsp3) is 0.867. The quantitative estimate of drug-likeness (QED) is 0.352. The molecule has 210 valence electrons. The topological polar surface area (TPSA) is 135 Å². The molecule has 0 spiro atoms. The summed E-state index contributed by atoms with van der Waals surface area (Å²) < 4.78 is 0. The van der Waals surface area contributed by atoms with E-state index in [0.29, 0.717) is 19.3 Å². The molecule has 10 atom stereocenters. The monoisotopic (exact) mass is 520 g/mol. The second kappa shape index (κ2) is 8.44. The van der Waals surface area contributed by atoms with Gasteiger partial charge in [0.1, 0.15) is 11.4 Å². The first-order valence-corrected chi connectivity index (χ1v) is 13.9. The normalized spacial score (nSPS) is 46.8. The van der Waals surface area contributed by atoms with E-state index < -0.39 is 62.9 Å². The number of fused-ring (bicyclic) bond motifs is 5. The fourth-order valence-electron chi connectivity index (χ4n) is 9.40. The Morgan fingerprint density at radius 2 is 1.59 bits per heavy atom. The second-order valence-electron chi connectivity index (χ2n) is 14.8. The molecule has 7 heteroatoms. The molecule has 0 aromatic rings. The average Bonchev–Trinajstić information content (AvgIpc) is 2.96. The van der Waals surface area contributed by atoms with E-state index in [1.54, 1.807) is 13.8 Å². The zero-order chi connectivity index (χ0) is 28.1. The van der Waals surface area contributed by atoms with Gasteiger partial charge in [-0.05, 0) is 69.1 Å². The molecular weight excluding hydrogens is 472 g/mol. The summed E-state index contributed by atoms with van der Waals surface area (Å²) in [5.41, 5.74) is -4.71. The summed E-state index contributed by atoms with van der Waals surface area (Å²) in [5.74, 6) is -1.60. The lowest BCUT2D eigenvalue weighted by atomic mass is 9.38. The first-order chi connectivity index (χ1) is 16.7. The lowest BCUT2D eigenvalue weighted by Gasteiger charge is -2.65. The van der Waals surface area contributed by atoms with E-state index in [2.05, 4.69) is 13.0 Å². The van der Waals surface area contributed by atoms with E-state index >= 15 is 0 Å². The van der Waals surface area contributed by atoms with Crippen LogP contribution in [0.2, 0.25) is 0 Å². The molecule has 0 bridgehead atoms. The Morgan fingerprint density at radius 3 is 2.16 bits per heavy atom. The molecule has 5 N–H and O–H groups in total. The molecule has 0 saturated heterocycles. The van der Waals surface area contributed by atoms with Gasteiger partial charge in [-0.15, -0.1) is 0 Å². The number of carbonyl (C=O) groups excluding carboxylic acids is 2. The SMILES string of the molecule is CC(C)(O)CCC(=O)C(C)(O)[C@@H]1[C@@H](O)C[C@@]2(C)[C@@H]3CC=C4[C@@H](C[C@@H](O)[C@H](O)C4(C)C)[C@]3(C)C(=O)C[C@]12C. The Balaban J connectivity index is 1.76. The van der Waals surface area contributed by atoms with Crippen molar-refractivity contribution in [2.75, 3.05) is 0 Å². The first-order valence-electron chi connectivity index (χ1n) is 13.9. The number of allylic oxidation sites excluding steroid dienone is 1. The van der Waals surface area contributed by atoms with Crippen LogP contribution in [0.3, 0.4) is 0 Å². The fourth-order valence-corrected chi connectivity index (χ4v) is 9.40. The molecule has 0 radical (unpaired) electrons. The maximum atomic E-state index is 14.2. The highest BCUT2D eigenvalue weighted by Gasteiger charge is 2.74. The minimum Gasteiger partial charge on any atom is -0.393 e. The summed E-state index contributed by atoms with van der Waals surface area (Å²) >= 11 is 0. The van der Waals surface area contributed by atoms with Crippen LogP contribution in [0.1, 0.15) is 93.9 Å². The third kappa shape index (κ3) is 3.86. The summed E-state index contributed by atoms with van der Waals surface area (Å²) in [5, 5.41) is 54.8. The van der Waals surface area contributed by atoms with Crippen LogP contribution in [0.25, 0.3) is 0 Å². The molecule has 4 aliphatic carbocycles. The Morgan fingerprint density at radius 1 is 1.00 bits per heavy atom. The molecule has 0 aromatic carbocycles. The van der Waals surface area contributed by atoms with Crippen LogP contribution in [-0.4, -0.2) is 66.6 Å². The van der Waals surface area contributed by atoms with E-state index in [1.807, 2.05) is 27.7 Å². The number of aliphatic hydroxyl groups is 5. The molecule has 3 saturated carbocycles. The van der Waals surface area contributed by atoms with E-state index in [0.717, 1.165) is 5.57 Å². The van der Waals surface area contributed by atoms with Crippen molar-refractivity contribution < 1.29 is 35.1 Å². The highest BCUT2D eigenvalue weighted by molar-refractivity contribution is 5.90. The maximum Gasteiger partial charge on any atom is 0.164 e. The largest absolute Gasteiger partial charge is 0.393 e. The molecule has 0 heterocycles. The number of aliphatic hydroxyl groups excluding tert-OH is 3. The minimum atomic E-state index is -1.85. The van der Waals surface area contributed by atoms with E-state index in [-0.39, 0.29) is 36.9 Å². The molecule has 1 unspecified atom stereocenters. The molecule has 0 amide bonds. The van der Waals surface area contributed by atoms with Gasteiger partial charge in [0.15, 0.2) is 5.78 Å². The zero-order valence-corrected chi connectivity index (χ0v) is 23.8. The van der Waals surface area contributed by atoms with E-state index in [9.17, 15) is 35.1 Å². The average molecular weight is 521 g/mol. The standard InChI is InChI=1S/C30H48O7/c1-25(2,36)12-11-21(33)30(8,37)23-19(32)14-27(5)20-10-9-16-17(13-18(31)24(35)26(16,3)4)29(20,7)22(34)15-28(23,27)6/h9,17-20,23-24,31-32,35-37H,10-15H2,1-8H3/t17-,18-,19+,20+,23-,24+,27+,28-,29+,30?/m1/s1. The van der Waals surface area contributed by atoms with Crippen molar-refractivity contribution in [3.05, 3.63) is 11.6 Å². The van der Waals surface area contributed by atoms with Crippen molar-refractivity contribution in [3.63, 3.8) is 0 Å². The molecule has 0 aromatic heterocycles. The van der Waals surface area contributed by atoms with Gasteiger partial charge < -0.3 is 25.5 Å². The van der Waals surface area contributed by atoms with Crippen molar-refractivity contribution in [1.82, 2.24) is 0 Å². The van der Waals surface area contributed by atoms with E-state index in [4.69, 9.17) is 0 Å². The van der Waals surface area contributed by atoms with Crippen LogP contribution in [-0.2, 0) is 9.59 Å². The zero-order valence-electron chi connectivity index (χ0n) is 23.8. The summed E-state index contributed by atoms with van der Waals surface area (Å²) in [4.78, 5) is 27.5. The highest BCUT2D eigenvalue weighted by atomic mass is 16.3. The number of carbonyl (C=O) groups is 2. The van der Waals surface area contributed by atoms with Gasteiger partial charge in [0, 0.05) is 29.6 Å². The van der Waals surface area contributed by atoms with Crippen molar-refractivity contribution in [2.24, 2.45) is 39.4 Å². The molecule has 4 aliphatic rings. The lowest BCUT2D eigenvalue weighted by molar-refractivity contribution is -0.188. The van der Waals surface area contributed by atoms with Gasteiger partial charge in [-0.3, -0.25) is 9.59 Å². The molecule has 37 heavy (non-hydrogen) atoms. The Bertz CT molecular complexity index is 1010. The number of hydrogen-bond donors (Lipinski definition) is 5. The Kier molecular flexibility index (Phi) is 6.59. The molecule has 3 fully saturated rings. The smallest absolute Gasteiger partial charge is 0.164 e. The van der Waals surface area contributed by atoms with Crippen molar-refractivity contribution in [1.29, 1.82) is 0 Å². The Hall–Kier alpha value is -1.12. The predicted molar refractivity (Wildman–Crippen MR) is 139 cm³/mol. The maximum absolute atomic E-state index is 14.2. The second-order valence-corrected chi connectivity index (χ2v) is 14.8. The predicted octanol–water partition coefficient (Wildman–Crippen LogP) is 2.94. The van der Waals surface area contributed by atoms with Gasteiger partial charge in [-0.2, -0.15) is 0 Å². The van der Waals surface area contributed by atoms with Gasteiger partial charge in [-0.25, -0.2) is 0 Å². The van der Waals surface area contributed by atoms with Gasteiger partial charge in [0.25, 0.3) is 0 Å². The van der Waals surface area contributed by atoms with Crippen LogP contribution in [0, 0.1) is 39.4 Å². The highest BCUT2D eigenvalue weighted by Crippen LogP contribution is 2.74. The number of hydrogen-bond acceptors (Lipinski definition) is 7. The van der Waals surface area contributed by atoms with Gasteiger partial charge in [0.05, 0.1) is 23.9 Å². The van der Waals surface area contributed by atoms with Crippen LogP contribution < -0.4 is 0 Å². The van der Waals surface area contributed by atoms with Crippen LogP contribution >= 0.6 is 0 Å². The number of ketones is 2. The molecular formula is C30H48O7. The van der Waals surface area contributed by atoms with Gasteiger partial charge in [-0.1, -0.05) is 46.3 Å². The summed E-state index contributed by atoms with van der Waals surface area (Å²) in [7, 11) is 0. The summed E-state index contributed by atoms with van der Waals surface area (Å²) in [6.45, 7) is 14.6. The number of rotatable bonds is 5. The third-order valence-corrected chi connectivity index (χ3v) is 11.8. The van der Waals surface area contributed by atoms with E-state index in [1.165, 1.54) is 6.92 Å². The first kappa shape index (κ1) is 28.9. The van der Waals surface area contributed by atoms with Gasteiger partial charge in [0.2, 0.25) is 0 Å². The molecule has 0 aliphatic heterocycles. The minimum absolute atomic E-state index is 0.0227. The molecule has 7 nitrogen and oxygen atoms in total.